The number of carboxylic acids is 1. The Morgan fingerprint density at radius 3 is 1.57 bits per heavy atom. The van der Waals surface area contributed by atoms with Crippen molar-refractivity contribution in [2.45, 2.75) is 106 Å². The quantitative estimate of drug-likeness (QED) is 0.00673. The fourth-order valence-electron chi connectivity index (χ4n) is 7.65. The van der Waals surface area contributed by atoms with Crippen molar-refractivity contribution in [3.63, 3.8) is 0 Å². The summed E-state index contributed by atoms with van der Waals surface area (Å²) in [6, 6.07) is 7.02. The lowest BCUT2D eigenvalue weighted by atomic mass is 10.0. The smallest absolute Gasteiger partial charge is 0.326 e. The third kappa shape index (κ3) is 26.7. The van der Waals surface area contributed by atoms with Gasteiger partial charge in [0.2, 0.25) is 52.4 Å². The van der Waals surface area contributed by atoms with Gasteiger partial charge in [-0.1, -0.05) is 54.6 Å². The molecule has 3 aromatic carbocycles. The van der Waals surface area contributed by atoms with Crippen LogP contribution in [-0.2, 0) is 67.2 Å². The van der Waals surface area contributed by atoms with Gasteiger partial charge in [0, 0.05) is 37.3 Å². The van der Waals surface area contributed by atoms with Gasteiger partial charge in [-0.05, 0) is 101 Å². The standard InChI is InChI=1S/C53H75N13O15S5/c1-28(68)43(50(78)61-36(18-20-84-2)44(72)58-24-42(71)59-39(51(79)80)23-31-12-16-33(70)17-13-31)65-48(76)40(25-67)64-45(73)35(9-6-19-57-53(55)56)60-46(74)38(22-30-10-14-32(69)15-11-30)62-47(75)37(21-29-7-4-3-5-8-29)63-49(77)41(27-83)66-86-85-52(81)34(54)26-82/h3-5,7-8,10-17,28,34-41,43,66-70,82-83H,6,9,18-27,54H2,1-2H3,(H,58,72)(H,59,71)(H,60,74)(H,61,78)(H,62,75)(H,63,77)(H,64,73)(H,65,76)(H,79,80)(H4,55,56,57)/t28-,34+,35+,36+,37+,38+,39+,40+,41+,43+/m1/s1. The fraction of sp³-hybridized carbons (Fsp3) is 0.453. The van der Waals surface area contributed by atoms with Gasteiger partial charge in [0.05, 0.1) is 25.3 Å². The van der Waals surface area contributed by atoms with Gasteiger partial charge < -0.3 is 85.3 Å². The first-order valence-corrected chi connectivity index (χ1v) is 31.4. The number of amides is 8. The minimum atomic E-state index is -1.86. The van der Waals surface area contributed by atoms with Crippen LogP contribution in [0.3, 0.4) is 0 Å². The molecule has 0 heterocycles. The van der Waals surface area contributed by atoms with Gasteiger partial charge in [0.1, 0.15) is 59.8 Å². The predicted molar refractivity (Wildman–Crippen MR) is 332 cm³/mol. The second kappa shape index (κ2) is 38.9. The minimum Gasteiger partial charge on any atom is -0.508 e. The molecule has 0 unspecified atom stereocenters. The van der Waals surface area contributed by atoms with E-state index in [2.05, 4.69) is 77.5 Å². The number of hydrogen-bond donors (Lipinski definition) is 19. The number of aromatic hydroxyl groups is 2. The van der Waals surface area contributed by atoms with Crippen LogP contribution in [0.25, 0.3) is 0 Å². The van der Waals surface area contributed by atoms with Crippen molar-refractivity contribution in [2.24, 2.45) is 22.2 Å². The van der Waals surface area contributed by atoms with Crippen LogP contribution in [0, 0.1) is 0 Å². The third-order valence-electron chi connectivity index (χ3n) is 12.4. The van der Waals surface area contributed by atoms with E-state index in [1.54, 1.807) is 36.6 Å². The van der Waals surface area contributed by atoms with Crippen LogP contribution in [0.4, 0.5) is 0 Å². The van der Waals surface area contributed by atoms with E-state index in [1.807, 2.05) is 0 Å². The first-order chi connectivity index (χ1) is 40.9. The maximum Gasteiger partial charge on any atom is 0.326 e. The molecule has 3 aromatic rings. The van der Waals surface area contributed by atoms with Crippen LogP contribution < -0.4 is 64.5 Å². The van der Waals surface area contributed by atoms with Gasteiger partial charge >= 0.3 is 5.97 Å². The van der Waals surface area contributed by atoms with E-state index in [0.29, 0.717) is 16.7 Å². The molecule has 20 N–H and O–H groups in total. The molecule has 8 amide bonds. The van der Waals surface area contributed by atoms with Crippen molar-refractivity contribution < 1.29 is 73.5 Å². The Kier molecular flexibility index (Phi) is 33.2. The number of phenols is 2. The Balaban J connectivity index is 1.85. The predicted octanol–water partition coefficient (Wildman–Crippen LogP) is -3.13. The molecule has 472 valence electrons. The molecule has 0 radical (unpaired) electrons. The fourth-order valence-corrected chi connectivity index (χ4v) is 10.5. The highest BCUT2D eigenvalue weighted by atomic mass is 33.1. The lowest BCUT2D eigenvalue weighted by Crippen LogP contribution is -2.62. The second-order valence-corrected chi connectivity index (χ2v) is 22.9. The summed E-state index contributed by atoms with van der Waals surface area (Å²) in [6.45, 7) is -0.740. The number of aliphatic imine (C=N–C) groups is 1. The number of aliphatic hydroxyl groups is 2. The van der Waals surface area contributed by atoms with E-state index in [-0.39, 0.29) is 79.8 Å². The summed E-state index contributed by atoms with van der Waals surface area (Å²) >= 11 is 9.61. The van der Waals surface area contributed by atoms with Gasteiger partial charge in [-0.15, -0.1) is 0 Å². The molecule has 86 heavy (non-hydrogen) atoms. The Bertz CT molecular complexity index is 2760. The number of thiol groups is 2. The molecule has 33 heteroatoms. The number of nitrogens with two attached hydrogens (primary N) is 3. The highest BCUT2D eigenvalue weighted by Gasteiger charge is 2.36. The summed E-state index contributed by atoms with van der Waals surface area (Å²) in [6.07, 6.45) is -0.663. The van der Waals surface area contributed by atoms with Crippen LogP contribution in [-0.4, -0.2) is 194 Å². The Morgan fingerprint density at radius 1 is 0.593 bits per heavy atom. The summed E-state index contributed by atoms with van der Waals surface area (Å²) < 4.78 is 2.82. The molecule has 0 aliphatic carbocycles. The van der Waals surface area contributed by atoms with Gasteiger partial charge in [-0.25, -0.2) is 9.52 Å². The number of aliphatic carboxylic acids is 1. The highest BCUT2D eigenvalue weighted by Crippen LogP contribution is 2.21. The Labute approximate surface area is 519 Å². The monoisotopic (exact) mass is 1290 g/mol. The summed E-state index contributed by atoms with van der Waals surface area (Å²) in [5, 5.41) is 69.8. The van der Waals surface area contributed by atoms with Crippen LogP contribution in [0.1, 0.15) is 42.9 Å². The number of rotatable bonds is 38. The summed E-state index contributed by atoms with van der Waals surface area (Å²) in [5.74, 6) is -9.21. The van der Waals surface area contributed by atoms with Gasteiger partial charge in [-0.2, -0.15) is 37.0 Å². The number of aliphatic hydroxyl groups excluding tert-OH is 2. The molecule has 28 nitrogen and oxygen atoms in total. The maximum absolute atomic E-state index is 14.5. The van der Waals surface area contributed by atoms with Crippen molar-refractivity contribution in [3.8, 4) is 11.5 Å². The molecule has 0 spiro atoms. The normalized spacial score (nSPS) is 14.5. The van der Waals surface area contributed by atoms with Crippen molar-refractivity contribution >= 4 is 123 Å². The SMILES string of the molecule is CSCC[C@H](NC(=O)[C@@H](NC(=O)[C@H](CO)NC(=O)[C@H](CCCN=C(N)N)NC(=O)[C@H](Cc1ccc(O)cc1)NC(=O)[C@H](Cc1ccccc1)NC(=O)[C@H](CS)NSSC(=O)[C@@H](N)CS)[C@@H](C)O)C(=O)NCC(=O)N[C@@H](Cc1ccc(O)cc1)C(=O)O. The van der Waals surface area contributed by atoms with E-state index in [4.69, 9.17) is 17.2 Å². The van der Waals surface area contributed by atoms with Crippen LogP contribution in [0.5, 0.6) is 11.5 Å². The lowest BCUT2D eigenvalue weighted by Gasteiger charge is -2.28. The summed E-state index contributed by atoms with van der Waals surface area (Å²) in [7, 11) is 1.57. The van der Waals surface area contributed by atoms with Crippen molar-refractivity contribution in [1.29, 1.82) is 0 Å². The van der Waals surface area contributed by atoms with Crippen molar-refractivity contribution in [1.82, 2.24) is 47.3 Å². The summed E-state index contributed by atoms with van der Waals surface area (Å²) in [5.41, 5.74) is 18.3. The number of nitrogens with zero attached hydrogens (tertiary/aromatic N) is 1. The molecule has 3 rings (SSSR count). The number of carbonyl (C=O) groups is 10. The minimum absolute atomic E-state index is 0.0262. The zero-order chi connectivity index (χ0) is 63.9. The second-order valence-electron chi connectivity index (χ2n) is 19.2. The lowest BCUT2D eigenvalue weighted by molar-refractivity contribution is -0.141. The van der Waals surface area contributed by atoms with E-state index >= 15 is 0 Å². The highest BCUT2D eigenvalue weighted by molar-refractivity contribution is 8.81. The van der Waals surface area contributed by atoms with Gasteiger partial charge in [0.25, 0.3) is 0 Å². The molecule has 0 aliphatic rings. The first kappa shape index (κ1) is 73.3. The number of hydrogen-bond acceptors (Lipinski definition) is 22. The molecular weight excluding hydrogens is 1220 g/mol. The third-order valence-corrected chi connectivity index (χ3v) is 15.7. The average molecular weight is 1290 g/mol. The van der Waals surface area contributed by atoms with Crippen LogP contribution >= 0.6 is 58.8 Å². The zero-order valence-corrected chi connectivity index (χ0v) is 51.1. The van der Waals surface area contributed by atoms with E-state index in [9.17, 15) is 73.5 Å². The summed E-state index contributed by atoms with van der Waals surface area (Å²) in [4.78, 5) is 139. The molecule has 10 atom stereocenters. The van der Waals surface area contributed by atoms with Crippen LogP contribution in [0.2, 0.25) is 0 Å². The molecule has 0 saturated carbocycles. The first-order valence-electron chi connectivity index (χ1n) is 26.5. The topological polar surface area (TPSA) is 471 Å². The number of carboxylic acid groups (broad SMARTS) is 1. The van der Waals surface area contributed by atoms with Gasteiger partial charge in [0.15, 0.2) is 5.96 Å². The molecule has 0 fully saturated rings. The zero-order valence-electron chi connectivity index (χ0n) is 46.9. The van der Waals surface area contributed by atoms with Crippen LogP contribution in [0.15, 0.2) is 83.9 Å². The number of nitrogens with one attached hydrogen (secondary N) is 9. The maximum atomic E-state index is 14.5. The Hall–Kier alpha value is -6.98. The Morgan fingerprint density at radius 2 is 1.07 bits per heavy atom. The van der Waals surface area contributed by atoms with E-state index < -0.39 is 132 Å². The van der Waals surface area contributed by atoms with E-state index in [1.165, 1.54) is 60.3 Å². The van der Waals surface area contributed by atoms with E-state index in [0.717, 1.165) is 28.7 Å². The molecule has 0 bridgehead atoms. The average Bonchev–Trinajstić information content (AvgIpc) is 3.24. The number of thioether (sulfide) groups is 1. The van der Waals surface area contributed by atoms with Gasteiger partial charge in [-0.3, -0.25) is 48.1 Å². The number of phenolic OH excluding ortho intramolecular Hbond substituents is 2. The molecule has 0 aliphatic heterocycles. The molecule has 0 saturated heterocycles. The number of carbonyl (C=O) groups excluding carboxylic acids is 9. The van der Waals surface area contributed by atoms with Crippen molar-refractivity contribution in [2.75, 3.05) is 43.2 Å². The number of guanidine groups is 1. The van der Waals surface area contributed by atoms with Crippen molar-refractivity contribution in [3.05, 3.63) is 95.6 Å². The number of benzene rings is 3. The molecular formula is C53H75N13O15S5. The molecule has 0 aromatic heterocycles. The largest absolute Gasteiger partial charge is 0.508 e.